The van der Waals surface area contributed by atoms with Crippen LogP contribution in [0.4, 0.5) is 0 Å². The predicted octanol–water partition coefficient (Wildman–Crippen LogP) is 25.3. The number of allylic oxidation sites excluding steroid dienone is 20. The van der Waals surface area contributed by atoms with Crippen LogP contribution in [0.2, 0.25) is 0 Å². The van der Waals surface area contributed by atoms with Crippen LogP contribution in [-0.4, -0.2) is 36.4 Å². The third-order valence-corrected chi connectivity index (χ3v) is 15.7. The molecule has 5 nitrogen and oxygen atoms in total. The second-order valence-corrected chi connectivity index (χ2v) is 23.9. The Kier molecular flexibility index (Phi) is 70.3. The van der Waals surface area contributed by atoms with Gasteiger partial charge in [-0.25, -0.2) is 0 Å². The van der Waals surface area contributed by atoms with Crippen molar-refractivity contribution < 1.29 is 24.2 Å². The average Bonchev–Trinajstić information content (AvgIpc) is 3.51. The maximum atomic E-state index is 12.4. The average molecular weight is 1170 g/mol. The van der Waals surface area contributed by atoms with E-state index in [1.807, 2.05) is 0 Å². The van der Waals surface area contributed by atoms with E-state index in [4.69, 9.17) is 9.47 Å². The molecule has 0 spiro atoms. The summed E-state index contributed by atoms with van der Waals surface area (Å²) < 4.78 is 10.8. The number of hydrogen-bond acceptors (Lipinski definition) is 5. The number of hydrogen-bond donors (Lipinski definition) is 1. The van der Waals surface area contributed by atoms with Crippen LogP contribution in [0.1, 0.15) is 348 Å². The number of unbranched alkanes of at least 4 members (excludes halogenated alkanes) is 38. The summed E-state index contributed by atoms with van der Waals surface area (Å²) in [6.07, 6.45) is 108. The molecule has 5 heteroatoms. The zero-order valence-electron chi connectivity index (χ0n) is 55.4. The van der Waals surface area contributed by atoms with E-state index >= 15 is 0 Å². The lowest BCUT2D eigenvalue weighted by molar-refractivity contribution is -0.161. The topological polar surface area (TPSA) is 72.8 Å². The molecular weight excluding hydrogens is 1030 g/mol. The molecule has 1 atom stereocenters. The molecule has 0 saturated heterocycles. The summed E-state index contributed by atoms with van der Waals surface area (Å²) in [5, 5.41) is 9.71. The van der Waals surface area contributed by atoms with Crippen molar-refractivity contribution >= 4 is 11.9 Å². The van der Waals surface area contributed by atoms with Crippen LogP contribution in [0, 0.1) is 0 Å². The minimum Gasteiger partial charge on any atom is -0.462 e. The first-order chi connectivity index (χ1) is 41.6. The molecule has 0 aromatic heterocycles. The van der Waals surface area contributed by atoms with Crippen LogP contribution in [0.15, 0.2) is 122 Å². The SMILES string of the molecule is CC/C=C\C/C=C\C/C=C\C/C=C\C/C=C\C/C=C\C/C=C\C/C=C\CCCCCCCCCCCCCCCCC(=O)OC(CO)COC(=O)CCCCCCCCCCCCCCCCCCCCC/C=C\C/C=C\CCCCCCC. The monoisotopic (exact) mass is 1170 g/mol. The Labute approximate surface area is 522 Å². The molecule has 0 fully saturated rings. The minimum atomic E-state index is -0.779. The molecule has 482 valence electrons. The Morgan fingerprint density at radius 2 is 0.512 bits per heavy atom. The standard InChI is InChI=1S/C79H136O5/c1-3-5-7-9-11-13-15-17-19-21-23-25-27-29-31-33-35-36-37-38-39-40-41-42-44-46-48-50-52-54-56-58-60-62-64-66-68-70-72-74-79(82)84-77(75-80)76-83-78(81)73-71-69-67-65-63-61-59-57-55-53-51-49-47-45-43-34-32-30-28-26-24-22-20-18-16-14-12-10-8-6-4-2/h5,7,11,13,16-19,22-25,29,31,35-36,38-39,41-42,77,80H,3-4,6,8-10,12,14-15,20-21,26-28,30,32-34,37,40,43-76H2,1-2H3/b7-5-,13-11-,18-16-,19-17-,24-22-,25-23-,31-29-,36-35-,39-38-,42-41-. The highest BCUT2D eigenvalue weighted by atomic mass is 16.6. The van der Waals surface area contributed by atoms with Gasteiger partial charge in [0.05, 0.1) is 6.61 Å². The lowest BCUT2D eigenvalue weighted by Gasteiger charge is -2.15. The second-order valence-electron chi connectivity index (χ2n) is 23.9. The van der Waals surface area contributed by atoms with Gasteiger partial charge in [-0.3, -0.25) is 9.59 Å². The molecule has 1 N–H and O–H groups in total. The largest absolute Gasteiger partial charge is 0.462 e. The van der Waals surface area contributed by atoms with Crippen molar-refractivity contribution in [2.24, 2.45) is 0 Å². The third-order valence-electron chi connectivity index (χ3n) is 15.7. The zero-order valence-corrected chi connectivity index (χ0v) is 55.4. The van der Waals surface area contributed by atoms with Gasteiger partial charge in [0, 0.05) is 12.8 Å². The highest BCUT2D eigenvalue weighted by Gasteiger charge is 2.16. The summed E-state index contributed by atoms with van der Waals surface area (Å²) in [6, 6.07) is 0. The maximum absolute atomic E-state index is 12.4. The van der Waals surface area contributed by atoms with Gasteiger partial charge in [-0.15, -0.1) is 0 Å². The molecule has 0 aliphatic heterocycles. The summed E-state index contributed by atoms with van der Waals surface area (Å²) in [6.45, 7) is 4.05. The van der Waals surface area contributed by atoms with Gasteiger partial charge < -0.3 is 14.6 Å². The van der Waals surface area contributed by atoms with Crippen LogP contribution >= 0.6 is 0 Å². The van der Waals surface area contributed by atoms with Crippen molar-refractivity contribution in [3.05, 3.63) is 122 Å². The fraction of sp³-hybridized carbons (Fsp3) is 0.722. The number of rotatable bonds is 66. The quantitative estimate of drug-likeness (QED) is 0.0373. The molecule has 0 aliphatic carbocycles. The first kappa shape index (κ1) is 80.3. The fourth-order valence-electron chi connectivity index (χ4n) is 10.4. The van der Waals surface area contributed by atoms with Gasteiger partial charge in [0.1, 0.15) is 6.61 Å². The van der Waals surface area contributed by atoms with Gasteiger partial charge in [-0.05, 0) is 109 Å². The summed E-state index contributed by atoms with van der Waals surface area (Å²) >= 11 is 0. The number of carbonyl (C=O) groups excluding carboxylic acids is 2. The first-order valence-electron chi connectivity index (χ1n) is 36.1. The number of aliphatic hydroxyl groups is 1. The highest BCUT2D eigenvalue weighted by Crippen LogP contribution is 2.18. The van der Waals surface area contributed by atoms with E-state index in [9.17, 15) is 14.7 Å². The molecular formula is C79H136O5. The molecule has 0 aromatic rings. The first-order valence-corrected chi connectivity index (χ1v) is 36.1. The van der Waals surface area contributed by atoms with Crippen molar-refractivity contribution in [3.63, 3.8) is 0 Å². The van der Waals surface area contributed by atoms with Gasteiger partial charge in [-0.1, -0.05) is 347 Å². The number of ether oxygens (including phenoxy) is 2. The second kappa shape index (κ2) is 73.6. The van der Waals surface area contributed by atoms with Gasteiger partial charge in [0.25, 0.3) is 0 Å². The Bertz CT molecular complexity index is 1650. The highest BCUT2D eigenvalue weighted by molar-refractivity contribution is 5.70. The van der Waals surface area contributed by atoms with Crippen molar-refractivity contribution in [3.8, 4) is 0 Å². The van der Waals surface area contributed by atoms with Gasteiger partial charge in [-0.2, -0.15) is 0 Å². The lowest BCUT2D eigenvalue weighted by Crippen LogP contribution is -2.28. The van der Waals surface area contributed by atoms with Crippen molar-refractivity contribution in [2.75, 3.05) is 13.2 Å². The molecule has 0 bridgehead atoms. The van der Waals surface area contributed by atoms with E-state index in [0.717, 1.165) is 96.3 Å². The van der Waals surface area contributed by atoms with E-state index in [1.165, 1.54) is 225 Å². The summed E-state index contributed by atoms with van der Waals surface area (Å²) in [5.41, 5.74) is 0. The minimum absolute atomic E-state index is 0.0670. The van der Waals surface area contributed by atoms with Crippen molar-refractivity contribution in [2.45, 2.75) is 354 Å². The predicted molar refractivity (Wildman–Crippen MR) is 371 cm³/mol. The summed E-state index contributed by atoms with van der Waals surface area (Å²) in [5.74, 6) is -0.581. The van der Waals surface area contributed by atoms with Gasteiger partial charge in [0.15, 0.2) is 6.10 Å². The van der Waals surface area contributed by atoms with E-state index in [-0.39, 0.29) is 25.2 Å². The Morgan fingerprint density at radius 3 is 0.774 bits per heavy atom. The van der Waals surface area contributed by atoms with E-state index < -0.39 is 6.10 Å². The lowest BCUT2D eigenvalue weighted by atomic mass is 10.0. The number of carbonyl (C=O) groups is 2. The molecule has 0 aliphatic rings. The van der Waals surface area contributed by atoms with E-state index in [2.05, 4.69) is 135 Å². The molecule has 0 saturated carbocycles. The molecule has 1 unspecified atom stereocenters. The molecule has 0 heterocycles. The summed E-state index contributed by atoms with van der Waals surface area (Å²) in [4.78, 5) is 24.7. The Balaban J connectivity index is 3.47. The smallest absolute Gasteiger partial charge is 0.306 e. The van der Waals surface area contributed by atoms with E-state index in [0.29, 0.717) is 12.8 Å². The zero-order chi connectivity index (χ0) is 60.5. The molecule has 0 rings (SSSR count). The van der Waals surface area contributed by atoms with Crippen molar-refractivity contribution in [1.82, 2.24) is 0 Å². The van der Waals surface area contributed by atoms with Crippen LogP contribution in [0.5, 0.6) is 0 Å². The normalized spacial score (nSPS) is 12.9. The van der Waals surface area contributed by atoms with Crippen LogP contribution in [0.25, 0.3) is 0 Å². The van der Waals surface area contributed by atoms with E-state index in [1.54, 1.807) is 0 Å². The number of aliphatic hydroxyl groups excluding tert-OH is 1. The van der Waals surface area contributed by atoms with Crippen molar-refractivity contribution in [1.29, 1.82) is 0 Å². The fourth-order valence-corrected chi connectivity index (χ4v) is 10.4. The molecule has 0 amide bonds. The van der Waals surface area contributed by atoms with Crippen LogP contribution in [-0.2, 0) is 19.1 Å². The summed E-state index contributed by atoms with van der Waals surface area (Å²) in [7, 11) is 0. The number of esters is 2. The molecule has 0 aromatic carbocycles. The molecule has 84 heavy (non-hydrogen) atoms. The molecule has 0 radical (unpaired) electrons. The Morgan fingerprint density at radius 1 is 0.286 bits per heavy atom. The van der Waals surface area contributed by atoms with Crippen LogP contribution < -0.4 is 0 Å². The van der Waals surface area contributed by atoms with Gasteiger partial charge in [0.2, 0.25) is 0 Å². The van der Waals surface area contributed by atoms with Gasteiger partial charge >= 0.3 is 11.9 Å². The maximum Gasteiger partial charge on any atom is 0.306 e. The Hall–Kier alpha value is -3.70. The van der Waals surface area contributed by atoms with Crippen LogP contribution in [0.3, 0.4) is 0 Å². The third kappa shape index (κ3) is 70.8.